The lowest BCUT2D eigenvalue weighted by atomic mass is 10.6. The van der Waals surface area contributed by atoms with Crippen LogP contribution in [-0.2, 0) is 0 Å². The highest BCUT2D eigenvalue weighted by Crippen LogP contribution is 2.10. The van der Waals surface area contributed by atoms with E-state index in [-0.39, 0.29) is 0 Å². The van der Waals surface area contributed by atoms with Crippen molar-refractivity contribution in [1.82, 2.24) is 9.91 Å². The first-order valence-electron chi connectivity index (χ1n) is 3.44. The van der Waals surface area contributed by atoms with Crippen LogP contribution in [0.15, 0.2) is 5.10 Å². The minimum absolute atomic E-state index is 0.304. The first-order valence-corrected chi connectivity index (χ1v) is 3.81. The van der Waals surface area contributed by atoms with E-state index < -0.39 is 11.4 Å². The van der Waals surface area contributed by atoms with Crippen molar-refractivity contribution in [2.24, 2.45) is 5.10 Å². The third-order valence-electron chi connectivity index (χ3n) is 1.45. The zero-order chi connectivity index (χ0) is 9.14. The predicted octanol–water partition coefficient (Wildman–Crippen LogP) is 1.09. The van der Waals surface area contributed by atoms with Gasteiger partial charge in [0.1, 0.15) is 0 Å². The highest BCUT2D eigenvalue weighted by Gasteiger charge is 2.31. The molecule has 1 heterocycles. The predicted molar refractivity (Wildman–Crippen MR) is 44.2 cm³/mol. The highest BCUT2D eigenvalue weighted by atomic mass is 35.5. The molecular weight excluding hydrogens is 182 g/mol. The summed E-state index contributed by atoms with van der Waals surface area (Å²) < 4.78 is 0. The van der Waals surface area contributed by atoms with E-state index >= 15 is 0 Å². The molecule has 0 radical (unpaired) electrons. The molecule has 0 aromatic heterocycles. The van der Waals surface area contributed by atoms with Gasteiger partial charge in [-0.25, -0.2) is 14.7 Å². The molecule has 0 N–H and O–H groups in total. The van der Waals surface area contributed by atoms with Crippen LogP contribution in [0.25, 0.3) is 0 Å². The molecule has 0 aromatic carbocycles. The Labute approximate surface area is 74.6 Å². The Balaban J connectivity index is 2.67. The van der Waals surface area contributed by atoms with Gasteiger partial charge in [0.05, 0.1) is 13.1 Å². The molecule has 1 rings (SSSR count). The number of amides is 3. The largest absolute Gasteiger partial charge is 0.348 e. The molecule has 0 aliphatic carbocycles. The van der Waals surface area contributed by atoms with Gasteiger partial charge in [0.15, 0.2) is 0 Å². The van der Waals surface area contributed by atoms with E-state index in [1.54, 1.807) is 6.92 Å². The van der Waals surface area contributed by atoms with E-state index in [1.807, 2.05) is 0 Å². The molecule has 12 heavy (non-hydrogen) atoms. The molecule has 3 amide bonds. The molecule has 66 valence electrons. The number of carbonyl (C=O) groups is 2. The van der Waals surface area contributed by atoms with Gasteiger partial charge in [-0.2, -0.15) is 5.10 Å². The molecule has 0 bridgehead atoms. The second-order valence-electron chi connectivity index (χ2n) is 2.18. The highest BCUT2D eigenvalue weighted by molar-refractivity contribution is 6.64. The van der Waals surface area contributed by atoms with Gasteiger partial charge in [-0.3, -0.25) is 4.79 Å². The fourth-order valence-electron chi connectivity index (χ4n) is 0.935. The zero-order valence-corrected chi connectivity index (χ0v) is 7.28. The number of rotatable bonds is 1. The maximum atomic E-state index is 11.2. The van der Waals surface area contributed by atoms with Crippen molar-refractivity contribution in [3.63, 3.8) is 0 Å². The Kier molecular flexibility index (Phi) is 2.65. The minimum atomic E-state index is -0.756. The molecule has 1 aliphatic heterocycles. The summed E-state index contributed by atoms with van der Waals surface area (Å²) in [6.45, 7) is 2.40. The summed E-state index contributed by atoms with van der Waals surface area (Å²) in [5, 5.41) is 4.18. The van der Waals surface area contributed by atoms with E-state index in [2.05, 4.69) is 5.10 Å². The van der Waals surface area contributed by atoms with Crippen molar-refractivity contribution < 1.29 is 9.59 Å². The van der Waals surface area contributed by atoms with E-state index in [9.17, 15) is 9.59 Å². The average Bonchev–Trinajstić information content (AvgIpc) is 2.34. The van der Waals surface area contributed by atoms with Gasteiger partial charge in [-0.1, -0.05) is 0 Å². The standard InChI is InChI=1S/C6H8ClN3O2/c1-2-8-10-4-3-9(5(7)11)6(10)12/h2H,3-4H2,1H3/b8-2-. The molecule has 0 spiro atoms. The van der Waals surface area contributed by atoms with Crippen LogP contribution in [0, 0.1) is 0 Å². The average molecular weight is 190 g/mol. The van der Waals surface area contributed by atoms with Gasteiger partial charge in [0.25, 0.3) is 0 Å². The van der Waals surface area contributed by atoms with Gasteiger partial charge in [0.2, 0.25) is 0 Å². The van der Waals surface area contributed by atoms with Crippen molar-refractivity contribution >= 4 is 29.2 Å². The lowest BCUT2D eigenvalue weighted by molar-refractivity contribution is 0.195. The van der Waals surface area contributed by atoms with Crippen LogP contribution in [0.2, 0.25) is 0 Å². The van der Waals surface area contributed by atoms with Gasteiger partial charge in [-0.15, -0.1) is 0 Å². The van der Waals surface area contributed by atoms with Crippen LogP contribution in [0.5, 0.6) is 0 Å². The quantitative estimate of drug-likeness (QED) is 0.352. The molecule has 0 aromatic rings. The first kappa shape index (κ1) is 8.99. The van der Waals surface area contributed by atoms with Crippen LogP contribution >= 0.6 is 11.6 Å². The van der Waals surface area contributed by atoms with Crippen LogP contribution in [0.1, 0.15) is 6.92 Å². The smallest absolute Gasteiger partial charge is 0.255 e. The van der Waals surface area contributed by atoms with Crippen molar-refractivity contribution in [3.8, 4) is 0 Å². The maximum absolute atomic E-state index is 11.2. The van der Waals surface area contributed by atoms with Crippen molar-refractivity contribution in [1.29, 1.82) is 0 Å². The normalized spacial score (nSPS) is 18.0. The number of hydrogen-bond donors (Lipinski definition) is 0. The summed E-state index contributed by atoms with van der Waals surface area (Å²) in [5.41, 5.74) is 0. The number of nitrogens with zero attached hydrogens (tertiary/aromatic N) is 3. The SMILES string of the molecule is C/C=N\N1CCN(C(=O)Cl)C1=O. The monoisotopic (exact) mass is 189 g/mol. The third kappa shape index (κ3) is 1.55. The zero-order valence-electron chi connectivity index (χ0n) is 6.53. The first-order chi connectivity index (χ1) is 5.66. The maximum Gasteiger partial charge on any atom is 0.348 e. The minimum Gasteiger partial charge on any atom is -0.255 e. The molecule has 0 saturated carbocycles. The van der Waals surface area contributed by atoms with Crippen LogP contribution in [-0.4, -0.2) is 40.6 Å². The lowest BCUT2D eigenvalue weighted by Crippen LogP contribution is -2.30. The number of carbonyl (C=O) groups excluding carboxylic acids is 2. The van der Waals surface area contributed by atoms with Crippen molar-refractivity contribution in [2.45, 2.75) is 6.92 Å². The van der Waals surface area contributed by atoms with Gasteiger partial charge in [0, 0.05) is 6.21 Å². The summed E-state index contributed by atoms with van der Waals surface area (Å²) >= 11 is 5.13. The van der Waals surface area contributed by atoms with Crippen LogP contribution in [0.3, 0.4) is 0 Å². The summed E-state index contributed by atoms with van der Waals surface area (Å²) in [6, 6.07) is -0.465. The molecule has 0 unspecified atom stereocenters. The van der Waals surface area contributed by atoms with Crippen molar-refractivity contribution in [2.75, 3.05) is 13.1 Å². The molecular formula is C6H8ClN3O2. The Hall–Kier alpha value is -1.10. The number of hydrogen-bond acceptors (Lipinski definition) is 3. The van der Waals surface area contributed by atoms with Crippen LogP contribution in [0.4, 0.5) is 9.59 Å². The summed E-state index contributed by atoms with van der Waals surface area (Å²) in [4.78, 5) is 22.7. The van der Waals surface area contributed by atoms with Crippen LogP contribution < -0.4 is 0 Å². The molecule has 1 fully saturated rings. The summed E-state index contributed by atoms with van der Waals surface area (Å²) in [7, 11) is 0. The topological polar surface area (TPSA) is 53.0 Å². The van der Waals surface area contributed by atoms with Gasteiger partial charge in [-0.05, 0) is 18.5 Å². The van der Waals surface area contributed by atoms with Gasteiger partial charge < -0.3 is 0 Å². The Morgan fingerprint density at radius 1 is 1.67 bits per heavy atom. The number of halogens is 1. The van der Waals surface area contributed by atoms with E-state index in [4.69, 9.17) is 11.6 Å². The summed E-state index contributed by atoms with van der Waals surface area (Å²) in [5.74, 6) is 0. The Bertz CT molecular complexity index is 241. The fraction of sp³-hybridized carbons (Fsp3) is 0.500. The van der Waals surface area contributed by atoms with Crippen molar-refractivity contribution in [3.05, 3.63) is 0 Å². The number of urea groups is 1. The second kappa shape index (κ2) is 3.53. The molecule has 6 heteroatoms. The van der Waals surface area contributed by atoms with E-state index in [0.29, 0.717) is 13.1 Å². The van der Waals surface area contributed by atoms with E-state index in [0.717, 1.165) is 4.90 Å². The number of hydrazone groups is 1. The molecule has 1 saturated heterocycles. The fourth-order valence-corrected chi connectivity index (χ4v) is 1.09. The second-order valence-corrected chi connectivity index (χ2v) is 2.51. The van der Waals surface area contributed by atoms with Gasteiger partial charge >= 0.3 is 11.4 Å². The summed E-state index contributed by atoms with van der Waals surface area (Å²) in [6.07, 6.45) is 1.49. The number of imide groups is 1. The van der Waals surface area contributed by atoms with E-state index in [1.165, 1.54) is 11.2 Å². The third-order valence-corrected chi connectivity index (χ3v) is 1.66. The molecule has 5 nitrogen and oxygen atoms in total. The Morgan fingerprint density at radius 3 is 2.75 bits per heavy atom. The lowest BCUT2D eigenvalue weighted by Gasteiger charge is -2.09. The molecule has 1 aliphatic rings. The molecule has 0 atom stereocenters. The Morgan fingerprint density at radius 2 is 2.33 bits per heavy atom.